The van der Waals surface area contributed by atoms with Gasteiger partial charge in [-0.25, -0.2) is 0 Å². The van der Waals surface area contributed by atoms with Crippen molar-refractivity contribution in [3.8, 4) is 0 Å². The van der Waals surface area contributed by atoms with Crippen LogP contribution in [0.5, 0.6) is 0 Å². The Bertz CT molecular complexity index is 808. The highest BCUT2D eigenvalue weighted by molar-refractivity contribution is 5.20. The molecule has 138 valence electrons. The number of rotatable bonds is 7. The molecular formula is C24H25NO2. The molecule has 3 aromatic carbocycles. The number of ether oxygens (including phenoxy) is 2. The second kappa shape index (κ2) is 8.96. The molecule has 1 fully saturated rings. The number of nitrogens with zero attached hydrogens (tertiary/aromatic N) is 1. The average molecular weight is 359 g/mol. The lowest BCUT2D eigenvalue weighted by atomic mass is 10.1. The SMILES string of the molecule is c1ccc(COCC2CN(Cc3ccccc3)C(c3ccccc3)O2)cc1. The second-order valence-corrected chi connectivity index (χ2v) is 6.94. The van der Waals surface area contributed by atoms with Gasteiger partial charge in [0, 0.05) is 13.1 Å². The first kappa shape index (κ1) is 17.9. The van der Waals surface area contributed by atoms with Crippen LogP contribution in [0.15, 0.2) is 91.0 Å². The van der Waals surface area contributed by atoms with Crippen LogP contribution in [-0.2, 0) is 22.6 Å². The van der Waals surface area contributed by atoms with Crippen LogP contribution in [-0.4, -0.2) is 24.2 Å². The molecule has 3 heteroatoms. The highest BCUT2D eigenvalue weighted by Crippen LogP contribution is 2.31. The van der Waals surface area contributed by atoms with E-state index in [4.69, 9.17) is 9.47 Å². The smallest absolute Gasteiger partial charge is 0.137 e. The maximum atomic E-state index is 6.37. The van der Waals surface area contributed by atoms with Crippen molar-refractivity contribution < 1.29 is 9.47 Å². The molecule has 3 aromatic rings. The molecule has 1 aliphatic rings. The van der Waals surface area contributed by atoms with Gasteiger partial charge in [-0.3, -0.25) is 4.90 Å². The van der Waals surface area contributed by atoms with Crippen molar-refractivity contribution in [1.82, 2.24) is 4.90 Å². The molecule has 0 radical (unpaired) electrons. The third-order valence-electron chi connectivity index (χ3n) is 4.82. The van der Waals surface area contributed by atoms with E-state index in [0.29, 0.717) is 13.2 Å². The molecule has 27 heavy (non-hydrogen) atoms. The summed E-state index contributed by atoms with van der Waals surface area (Å²) in [6.07, 6.45) is 0.0411. The summed E-state index contributed by atoms with van der Waals surface area (Å²) in [5, 5.41) is 0. The van der Waals surface area contributed by atoms with Crippen LogP contribution in [0.4, 0.5) is 0 Å². The van der Waals surface area contributed by atoms with Gasteiger partial charge >= 0.3 is 0 Å². The summed E-state index contributed by atoms with van der Waals surface area (Å²) in [5.41, 5.74) is 3.68. The highest BCUT2D eigenvalue weighted by atomic mass is 16.6. The molecule has 2 atom stereocenters. The molecule has 0 saturated carbocycles. The van der Waals surface area contributed by atoms with E-state index in [-0.39, 0.29) is 12.3 Å². The normalized spacial score (nSPS) is 20.0. The van der Waals surface area contributed by atoms with Crippen molar-refractivity contribution in [2.45, 2.75) is 25.5 Å². The third kappa shape index (κ3) is 4.83. The van der Waals surface area contributed by atoms with Gasteiger partial charge in [-0.1, -0.05) is 91.0 Å². The van der Waals surface area contributed by atoms with Crippen molar-refractivity contribution in [3.63, 3.8) is 0 Å². The molecule has 0 bridgehead atoms. The van der Waals surface area contributed by atoms with Gasteiger partial charge in [0.15, 0.2) is 0 Å². The molecule has 1 saturated heterocycles. The summed E-state index contributed by atoms with van der Waals surface area (Å²) in [6, 6.07) is 31.3. The summed E-state index contributed by atoms with van der Waals surface area (Å²) >= 11 is 0. The molecule has 3 nitrogen and oxygen atoms in total. The minimum Gasteiger partial charge on any atom is -0.374 e. The van der Waals surface area contributed by atoms with E-state index >= 15 is 0 Å². The molecule has 0 N–H and O–H groups in total. The molecular weight excluding hydrogens is 334 g/mol. The van der Waals surface area contributed by atoms with E-state index in [1.54, 1.807) is 0 Å². The highest BCUT2D eigenvalue weighted by Gasteiger charge is 2.33. The predicted molar refractivity (Wildman–Crippen MR) is 107 cm³/mol. The standard InChI is InChI=1S/C24H25NO2/c1-4-10-20(11-5-1)16-25-17-23(19-26-18-21-12-6-2-7-13-21)27-24(25)22-14-8-3-9-15-22/h1-15,23-24H,16-19H2. The molecule has 0 spiro atoms. The Morgan fingerprint density at radius 2 is 1.37 bits per heavy atom. The summed E-state index contributed by atoms with van der Waals surface area (Å²) in [5.74, 6) is 0. The van der Waals surface area contributed by atoms with Crippen LogP contribution in [0.25, 0.3) is 0 Å². The molecule has 2 unspecified atom stereocenters. The Morgan fingerprint density at radius 1 is 0.778 bits per heavy atom. The summed E-state index contributed by atoms with van der Waals surface area (Å²) < 4.78 is 12.3. The van der Waals surface area contributed by atoms with Crippen LogP contribution in [0.2, 0.25) is 0 Å². The Balaban J connectivity index is 1.40. The fraction of sp³-hybridized carbons (Fsp3) is 0.250. The van der Waals surface area contributed by atoms with Gasteiger partial charge in [0.05, 0.1) is 19.3 Å². The largest absolute Gasteiger partial charge is 0.374 e. The second-order valence-electron chi connectivity index (χ2n) is 6.94. The van der Waals surface area contributed by atoms with Crippen molar-refractivity contribution in [2.24, 2.45) is 0 Å². The quantitative estimate of drug-likeness (QED) is 0.605. The molecule has 0 aliphatic carbocycles. The topological polar surface area (TPSA) is 21.7 Å². The lowest BCUT2D eigenvalue weighted by molar-refractivity contribution is -0.0397. The van der Waals surface area contributed by atoms with E-state index in [9.17, 15) is 0 Å². The number of hydrogen-bond donors (Lipinski definition) is 0. The van der Waals surface area contributed by atoms with Gasteiger partial charge in [0.25, 0.3) is 0 Å². The van der Waals surface area contributed by atoms with Crippen molar-refractivity contribution >= 4 is 0 Å². The Hall–Kier alpha value is -2.46. The van der Waals surface area contributed by atoms with Crippen LogP contribution < -0.4 is 0 Å². The van der Waals surface area contributed by atoms with Crippen LogP contribution in [0.1, 0.15) is 22.9 Å². The Labute approximate surface area is 161 Å². The summed E-state index contributed by atoms with van der Waals surface area (Å²) in [6.45, 7) is 2.96. The van der Waals surface area contributed by atoms with E-state index in [1.165, 1.54) is 16.7 Å². The molecule has 0 amide bonds. The van der Waals surface area contributed by atoms with E-state index < -0.39 is 0 Å². The Kier molecular flexibility index (Phi) is 5.95. The van der Waals surface area contributed by atoms with Crippen molar-refractivity contribution in [3.05, 3.63) is 108 Å². The third-order valence-corrected chi connectivity index (χ3v) is 4.82. The van der Waals surface area contributed by atoms with E-state index in [2.05, 4.69) is 71.6 Å². The first-order valence-corrected chi connectivity index (χ1v) is 9.48. The van der Waals surface area contributed by atoms with E-state index in [0.717, 1.165) is 13.1 Å². The predicted octanol–water partition coefficient (Wildman–Crippen LogP) is 4.80. The zero-order chi connectivity index (χ0) is 18.3. The fourth-order valence-electron chi connectivity index (χ4n) is 3.52. The van der Waals surface area contributed by atoms with Gasteiger partial charge in [-0.05, 0) is 16.7 Å². The maximum absolute atomic E-state index is 6.37. The number of benzene rings is 3. The van der Waals surface area contributed by atoms with Crippen molar-refractivity contribution in [2.75, 3.05) is 13.2 Å². The van der Waals surface area contributed by atoms with Gasteiger partial charge in [-0.15, -0.1) is 0 Å². The van der Waals surface area contributed by atoms with Gasteiger partial charge in [0.1, 0.15) is 6.23 Å². The minimum absolute atomic E-state index is 0.0308. The number of hydrogen-bond acceptors (Lipinski definition) is 3. The van der Waals surface area contributed by atoms with E-state index in [1.807, 2.05) is 24.3 Å². The molecule has 4 rings (SSSR count). The maximum Gasteiger partial charge on any atom is 0.137 e. The summed E-state index contributed by atoms with van der Waals surface area (Å²) in [4.78, 5) is 2.39. The zero-order valence-corrected chi connectivity index (χ0v) is 15.4. The van der Waals surface area contributed by atoms with Gasteiger partial charge in [0.2, 0.25) is 0 Å². The molecule has 1 aliphatic heterocycles. The first-order chi connectivity index (χ1) is 13.4. The monoisotopic (exact) mass is 359 g/mol. The average Bonchev–Trinajstić information content (AvgIpc) is 3.13. The van der Waals surface area contributed by atoms with Gasteiger partial charge < -0.3 is 9.47 Å². The van der Waals surface area contributed by atoms with Crippen molar-refractivity contribution in [1.29, 1.82) is 0 Å². The minimum atomic E-state index is -0.0308. The first-order valence-electron chi connectivity index (χ1n) is 9.48. The molecule has 0 aromatic heterocycles. The zero-order valence-electron chi connectivity index (χ0n) is 15.4. The Morgan fingerprint density at radius 3 is 2.04 bits per heavy atom. The van der Waals surface area contributed by atoms with Gasteiger partial charge in [-0.2, -0.15) is 0 Å². The lowest BCUT2D eigenvalue weighted by Crippen LogP contribution is -2.25. The van der Waals surface area contributed by atoms with Crippen LogP contribution in [0.3, 0.4) is 0 Å². The van der Waals surface area contributed by atoms with Crippen LogP contribution >= 0.6 is 0 Å². The lowest BCUT2D eigenvalue weighted by Gasteiger charge is -2.23. The van der Waals surface area contributed by atoms with Crippen LogP contribution in [0, 0.1) is 0 Å². The molecule has 1 heterocycles. The fourth-order valence-corrected chi connectivity index (χ4v) is 3.52. The summed E-state index contributed by atoms with van der Waals surface area (Å²) in [7, 11) is 0.